The standard InChI is InChI=1S/C16H17N6O2/c1-21-9-14(8-19-21)13-3-2-4-15(7-13)24-10-16(23)18-5-6-22-12-17-11-20-22/h3-4,7-9,11-12H,5-6,10H2,1H3,(H,18,23). The van der Waals surface area contributed by atoms with E-state index >= 15 is 0 Å². The van der Waals surface area contributed by atoms with E-state index in [1.807, 2.05) is 25.4 Å². The van der Waals surface area contributed by atoms with E-state index in [2.05, 4.69) is 26.6 Å². The highest BCUT2D eigenvalue weighted by Gasteiger charge is 2.05. The van der Waals surface area contributed by atoms with Crippen molar-refractivity contribution >= 4 is 5.91 Å². The molecule has 3 aromatic rings. The molecule has 0 bridgehead atoms. The number of hydrogen-bond donors (Lipinski definition) is 1. The molecule has 1 N–H and O–H groups in total. The van der Waals surface area contributed by atoms with Gasteiger partial charge in [0.15, 0.2) is 6.61 Å². The second-order valence-corrected chi connectivity index (χ2v) is 5.16. The lowest BCUT2D eigenvalue weighted by atomic mass is 10.1. The van der Waals surface area contributed by atoms with Gasteiger partial charge in [0.25, 0.3) is 5.91 Å². The molecule has 0 fully saturated rings. The fourth-order valence-corrected chi connectivity index (χ4v) is 2.13. The lowest BCUT2D eigenvalue weighted by Crippen LogP contribution is -2.31. The van der Waals surface area contributed by atoms with Crippen LogP contribution >= 0.6 is 0 Å². The fourth-order valence-electron chi connectivity index (χ4n) is 2.13. The van der Waals surface area contributed by atoms with Gasteiger partial charge in [-0.1, -0.05) is 0 Å². The van der Waals surface area contributed by atoms with E-state index < -0.39 is 0 Å². The maximum Gasteiger partial charge on any atom is 0.258 e. The first-order chi connectivity index (χ1) is 11.7. The van der Waals surface area contributed by atoms with Crippen molar-refractivity contribution in [2.24, 2.45) is 7.05 Å². The van der Waals surface area contributed by atoms with Gasteiger partial charge in [-0.05, 0) is 29.8 Å². The van der Waals surface area contributed by atoms with E-state index in [0.717, 1.165) is 11.1 Å². The molecule has 1 amide bonds. The number of nitrogens with zero attached hydrogens (tertiary/aromatic N) is 5. The predicted octanol–water partition coefficient (Wildman–Crippen LogP) is 0.674. The number of nitrogens with one attached hydrogen (secondary N) is 1. The van der Waals surface area contributed by atoms with Crippen LogP contribution in [-0.4, -0.2) is 43.6 Å². The zero-order valence-corrected chi connectivity index (χ0v) is 13.2. The second-order valence-electron chi connectivity index (χ2n) is 5.16. The molecule has 2 aromatic heterocycles. The van der Waals surface area contributed by atoms with E-state index in [9.17, 15) is 4.79 Å². The molecule has 0 aliphatic rings. The van der Waals surface area contributed by atoms with Gasteiger partial charge in [0.2, 0.25) is 0 Å². The molecular formula is C16H17N6O2. The summed E-state index contributed by atoms with van der Waals surface area (Å²) in [6.07, 6.45) is 6.73. The molecular weight excluding hydrogens is 308 g/mol. The average Bonchev–Trinajstić information content (AvgIpc) is 3.25. The van der Waals surface area contributed by atoms with E-state index in [1.165, 1.54) is 6.33 Å². The summed E-state index contributed by atoms with van der Waals surface area (Å²) in [6.45, 7) is 0.977. The Morgan fingerprint density at radius 3 is 3.00 bits per heavy atom. The molecule has 1 aromatic carbocycles. The second kappa shape index (κ2) is 7.40. The number of rotatable bonds is 7. The maximum atomic E-state index is 11.8. The fraction of sp³-hybridized carbons (Fsp3) is 0.250. The van der Waals surface area contributed by atoms with E-state index in [4.69, 9.17) is 4.74 Å². The van der Waals surface area contributed by atoms with Crippen molar-refractivity contribution < 1.29 is 9.53 Å². The number of hydrogen-bond acceptors (Lipinski definition) is 5. The number of aromatic nitrogens is 5. The molecule has 0 saturated carbocycles. The molecule has 0 unspecified atom stereocenters. The summed E-state index contributed by atoms with van der Waals surface area (Å²) in [5.74, 6) is 0.393. The predicted molar refractivity (Wildman–Crippen MR) is 86.0 cm³/mol. The summed E-state index contributed by atoms with van der Waals surface area (Å²) in [5, 5.41) is 10.9. The Kier molecular flexibility index (Phi) is 4.85. The molecule has 1 radical (unpaired) electrons. The summed E-state index contributed by atoms with van der Waals surface area (Å²) in [7, 11) is 1.86. The molecule has 24 heavy (non-hydrogen) atoms. The number of ether oxygens (including phenoxy) is 1. The lowest BCUT2D eigenvalue weighted by molar-refractivity contribution is -0.123. The zero-order chi connectivity index (χ0) is 16.8. The van der Waals surface area contributed by atoms with Gasteiger partial charge in [-0.2, -0.15) is 10.2 Å². The molecule has 0 spiro atoms. The summed E-state index contributed by atoms with van der Waals surface area (Å²) in [6, 6.07) is 8.41. The minimum Gasteiger partial charge on any atom is -0.484 e. The SMILES string of the molecule is Cn1cc(-c2c[c]cc(OCC(=O)NCCn3cncn3)c2)cn1. The van der Waals surface area contributed by atoms with Crippen LogP contribution in [0.1, 0.15) is 0 Å². The Bertz CT molecular complexity index is 797. The van der Waals surface area contributed by atoms with Gasteiger partial charge < -0.3 is 10.1 Å². The van der Waals surface area contributed by atoms with Crippen molar-refractivity contribution in [2.75, 3.05) is 13.2 Å². The quantitative estimate of drug-likeness (QED) is 0.690. The van der Waals surface area contributed by atoms with Crippen LogP contribution in [0.2, 0.25) is 0 Å². The van der Waals surface area contributed by atoms with Gasteiger partial charge in [-0.15, -0.1) is 0 Å². The molecule has 0 aliphatic carbocycles. The van der Waals surface area contributed by atoms with Crippen LogP contribution in [0, 0.1) is 6.07 Å². The molecule has 8 nitrogen and oxygen atoms in total. The summed E-state index contributed by atoms with van der Waals surface area (Å²) >= 11 is 0. The highest BCUT2D eigenvalue weighted by Crippen LogP contribution is 2.22. The van der Waals surface area contributed by atoms with Gasteiger partial charge in [-0.25, -0.2) is 4.98 Å². The molecule has 2 heterocycles. The van der Waals surface area contributed by atoms with Crippen LogP contribution in [0.5, 0.6) is 5.75 Å². The van der Waals surface area contributed by atoms with Crippen LogP contribution < -0.4 is 10.1 Å². The number of carbonyl (C=O) groups is 1. The summed E-state index contributed by atoms with van der Waals surface area (Å²) in [5.41, 5.74) is 1.91. The molecule has 3 rings (SSSR count). The summed E-state index contributed by atoms with van der Waals surface area (Å²) in [4.78, 5) is 15.6. The Morgan fingerprint density at radius 2 is 2.25 bits per heavy atom. The van der Waals surface area contributed by atoms with Crippen molar-refractivity contribution in [1.29, 1.82) is 0 Å². The van der Waals surface area contributed by atoms with Crippen LogP contribution in [0.4, 0.5) is 0 Å². The largest absolute Gasteiger partial charge is 0.484 e. The first-order valence-electron chi connectivity index (χ1n) is 7.43. The van der Waals surface area contributed by atoms with E-state index in [-0.39, 0.29) is 12.5 Å². The monoisotopic (exact) mass is 325 g/mol. The lowest BCUT2D eigenvalue weighted by Gasteiger charge is -2.08. The van der Waals surface area contributed by atoms with E-state index in [1.54, 1.807) is 28.0 Å². The zero-order valence-electron chi connectivity index (χ0n) is 13.2. The van der Waals surface area contributed by atoms with Gasteiger partial charge in [-0.3, -0.25) is 14.2 Å². The molecule has 123 valence electrons. The third-order valence-electron chi connectivity index (χ3n) is 3.30. The van der Waals surface area contributed by atoms with Crippen molar-refractivity contribution in [3.05, 3.63) is 49.3 Å². The first kappa shape index (κ1) is 15.7. The number of benzene rings is 1. The highest BCUT2D eigenvalue weighted by atomic mass is 16.5. The summed E-state index contributed by atoms with van der Waals surface area (Å²) < 4.78 is 8.89. The van der Waals surface area contributed by atoms with Crippen molar-refractivity contribution in [3.8, 4) is 16.9 Å². The topological polar surface area (TPSA) is 86.9 Å². The van der Waals surface area contributed by atoms with Gasteiger partial charge in [0, 0.05) is 25.4 Å². The Hall–Kier alpha value is -3.16. The normalized spacial score (nSPS) is 10.5. The van der Waals surface area contributed by atoms with Crippen molar-refractivity contribution in [2.45, 2.75) is 6.54 Å². The minimum atomic E-state index is -0.193. The van der Waals surface area contributed by atoms with Crippen molar-refractivity contribution in [1.82, 2.24) is 29.9 Å². The molecule has 0 saturated heterocycles. The Labute approximate surface area is 139 Å². The van der Waals surface area contributed by atoms with Crippen LogP contribution in [0.15, 0.2) is 43.2 Å². The van der Waals surface area contributed by atoms with Gasteiger partial charge in [0.1, 0.15) is 18.4 Å². The van der Waals surface area contributed by atoms with Crippen LogP contribution in [0.25, 0.3) is 11.1 Å². The van der Waals surface area contributed by atoms with Gasteiger partial charge >= 0.3 is 0 Å². The third-order valence-corrected chi connectivity index (χ3v) is 3.30. The van der Waals surface area contributed by atoms with Crippen LogP contribution in [-0.2, 0) is 18.4 Å². The number of amides is 1. The number of aryl methyl sites for hydroxylation is 1. The average molecular weight is 325 g/mol. The third kappa shape index (κ3) is 4.19. The molecule has 0 aliphatic heterocycles. The molecule has 8 heteroatoms. The van der Waals surface area contributed by atoms with E-state index in [0.29, 0.717) is 18.8 Å². The minimum absolute atomic E-state index is 0.0539. The maximum absolute atomic E-state index is 11.8. The van der Waals surface area contributed by atoms with Gasteiger partial charge in [0.05, 0.1) is 12.7 Å². The Morgan fingerprint density at radius 1 is 1.33 bits per heavy atom. The highest BCUT2D eigenvalue weighted by molar-refractivity contribution is 5.77. The smallest absolute Gasteiger partial charge is 0.258 e. The number of carbonyl (C=O) groups excluding carboxylic acids is 1. The Balaban J connectivity index is 1.48. The van der Waals surface area contributed by atoms with Crippen molar-refractivity contribution in [3.63, 3.8) is 0 Å². The molecule has 0 atom stereocenters. The first-order valence-corrected chi connectivity index (χ1v) is 7.43. The van der Waals surface area contributed by atoms with Crippen LogP contribution in [0.3, 0.4) is 0 Å².